The second-order valence-electron chi connectivity index (χ2n) is 5.61. The van der Waals surface area contributed by atoms with Crippen LogP contribution in [0, 0.1) is 6.92 Å². The van der Waals surface area contributed by atoms with Crippen molar-refractivity contribution in [1.82, 2.24) is 4.90 Å². The van der Waals surface area contributed by atoms with Gasteiger partial charge >= 0.3 is 0 Å². The Morgan fingerprint density at radius 2 is 1.91 bits per heavy atom. The van der Waals surface area contributed by atoms with E-state index in [9.17, 15) is 4.79 Å². The Hall–Kier alpha value is -2.11. The SMILES string of the molecule is Cc1sc2cc(-c3ccccc3)oc2c1C(=O)N1CCOCC1. The summed E-state index contributed by atoms with van der Waals surface area (Å²) in [6.45, 7) is 4.47. The number of hydrogen-bond acceptors (Lipinski definition) is 4. The first-order valence-electron chi connectivity index (χ1n) is 7.69. The molecule has 1 amide bonds. The average molecular weight is 327 g/mol. The summed E-state index contributed by atoms with van der Waals surface area (Å²) in [6.07, 6.45) is 0. The minimum Gasteiger partial charge on any atom is -0.454 e. The van der Waals surface area contributed by atoms with E-state index in [1.165, 1.54) is 0 Å². The quantitative estimate of drug-likeness (QED) is 0.716. The van der Waals surface area contributed by atoms with Gasteiger partial charge in [0.2, 0.25) is 0 Å². The molecular weight excluding hydrogens is 310 g/mol. The maximum absolute atomic E-state index is 12.9. The zero-order valence-corrected chi connectivity index (χ0v) is 13.7. The van der Waals surface area contributed by atoms with Gasteiger partial charge in [0.1, 0.15) is 5.76 Å². The van der Waals surface area contributed by atoms with Gasteiger partial charge in [-0.3, -0.25) is 4.79 Å². The van der Waals surface area contributed by atoms with Gasteiger partial charge < -0.3 is 14.1 Å². The molecule has 2 aromatic heterocycles. The number of benzene rings is 1. The van der Waals surface area contributed by atoms with E-state index in [1.54, 1.807) is 11.3 Å². The van der Waals surface area contributed by atoms with Gasteiger partial charge in [-0.15, -0.1) is 11.3 Å². The second kappa shape index (κ2) is 5.83. The first kappa shape index (κ1) is 14.5. The highest BCUT2D eigenvalue weighted by molar-refractivity contribution is 7.19. The molecule has 4 rings (SSSR count). The first-order valence-corrected chi connectivity index (χ1v) is 8.51. The molecule has 4 nitrogen and oxygen atoms in total. The molecule has 1 saturated heterocycles. The lowest BCUT2D eigenvalue weighted by molar-refractivity contribution is 0.0303. The fraction of sp³-hybridized carbons (Fsp3) is 0.278. The smallest absolute Gasteiger partial charge is 0.258 e. The third kappa shape index (κ3) is 2.56. The summed E-state index contributed by atoms with van der Waals surface area (Å²) in [5.41, 5.74) is 2.44. The minimum absolute atomic E-state index is 0.0472. The topological polar surface area (TPSA) is 42.7 Å². The van der Waals surface area contributed by atoms with E-state index >= 15 is 0 Å². The number of thiophene rings is 1. The number of rotatable bonds is 2. The van der Waals surface area contributed by atoms with Crippen LogP contribution in [-0.4, -0.2) is 37.1 Å². The lowest BCUT2D eigenvalue weighted by Crippen LogP contribution is -2.40. The summed E-state index contributed by atoms with van der Waals surface area (Å²) in [4.78, 5) is 15.7. The molecule has 23 heavy (non-hydrogen) atoms. The Morgan fingerprint density at radius 1 is 1.17 bits per heavy atom. The molecule has 0 saturated carbocycles. The Bertz CT molecular complexity index is 844. The number of furan rings is 1. The van der Waals surface area contributed by atoms with Crippen LogP contribution in [0.2, 0.25) is 0 Å². The summed E-state index contributed by atoms with van der Waals surface area (Å²) >= 11 is 1.61. The van der Waals surface area contributed by atoms with E-state index in [4.69, 9.17) is 9.15 Å². The van der Waals surface area contributed by atoms with Gasteiger partial charge in [-0.1, -0.05) is 30.3 Å². The fourth-order valence-corrected chi connectivity index (χ4v) is 3.93. The third-order valence-electron chi connectivity index (χ3n) is 4.11. The van der Waals surface area contributed by atoms with Crippen LogP contribution in [0.4, 0.5) is 0 Å². The van der Waals surface area contributed by atoms with Gasteiger partial charge in [-0.05, 0) is 6.92 Å². The highest BCUT2D eigenvalue weighted by Gasteiger charge is 2.26. The van der Waals surface area contributed by atoms with Crippen LogP contribution < -0.4 is 0 Å². The van der Waals surface area contributed by atoms with Gasteiger partial charge in [0, 0.05) is 29.6 Å². The number of aryl methyl sites for hydroxylation is 1. The van der Waals surface area contributed by atoms with Gasteiger partial charge in [0.15, 0.2) is 5.58 Å². The monoisotopic (exact) mass is 327 g/mol. The highest BCUT2D eigenvalue weighted by Crippen LogP contribution is 2.37. The van der Waals surface area contributed by atoms with Gasteiger partial charge in [0.05, 0.1) is 23.5 Å². The normalized spacial score (nSPS) is 15.3. The van der Waals surface area contributed by atoms with Crippen LogP contribution >= 0.6 is 11.3 Å². The zero-order chi connectivity index (χ0) is 15.8. The molecular formula is C18H17NO3S. The van der Waals surface area contributed by atoms with Crippen LogP contribution in [0.25, 0.3) is 21.6 Å². The number of fused-ring (bicyclic) bond motifs is 1. The molecule has 0 bridgehead atoms. The summed E-state index contributed by atoms with van der Waals surface area (Å²) in [5.74, 6) is 0.855. The number of nitrogens with zero attached hydrogens (tertiary/aromatic N) is 1. The second-order valence-corrected chi connectivity index (χ2v) is 6.86. The molecule has 0 atom stereocenters. The van der Waals surface area contributed by atoms with Crippen LogP contribution in [0.1, 0.15) is 15.2 Å². The van der Waals surface area contributed by atoms with Crippen molar-refractivity contribution >= 4 is 27.5 Å². The van der Waals surface area contributed by atoms with E-state index in [2.05, 4.69) is 0 Å². The van der Waals surface area contributed by atoms with Gasteiger partial charge in [-0.25, -0.2) is 0 Å². The minimum atomic E-state index is 0.0472. The molecule has 1 fully saturated rings. The fourth-order valence-electron chi connectivity index (χ4n) is 2.92. The summed E-state index contributed by atoms with van der Waals surface area (Å²) in [5, 5.41) is 0. The first-order chi connectivity index (χ1) is 11.2. The molecule has 3 aromatic rings. The van der Waals surface area contributed by atoms with E-state index in [0.717, 1.165) is 20.9 Å². The predicted octanol–water partition coefficient (Wildman–Crippen LogP) is 3.94. The summed E-state index contributed by atoms with van der Waals surface area (Å²) < 4.78 is 12.4. The standard InChI is InChI=1S/C18H17NO3S/c1-12-16(18(20)19-7-9-21-10-8-19)17-15(23-12)11-14(22-17)13-5-3-2-4-6-13/h2-6,11H,7-10H2,1H3. The van der Waals surface area contributed by atoms with Crippen molar-refractivity contribution in [2.24, 2.45) is 0 Å². The number of carbonyl (C=O) groups is 1. The van der Waals surface area contributed by atoms with Crippen LogP contribution in [0.3, 0.4) is 0 Å². The van der Waals surface area contributed by atoms with E-state index in [1.807, 2.05) is 48.2 Å². The average Bonchev–Trinajstić information content (AvgIpc) is 3.12. The molecule has 0 spiro atoms. The molecule has 5 heteroatoms. The molecule has 1 aromatic carbocycles. The number of morpholine rings is 1. The molecule has 1 aliphatic rings. The molecule has 0 radical (unpaired) electrons. The largest absolute Gasteiger partial charge is 0.454 e. The maximum Gasteiger partial charge on any atom is 0.258 e. The zero-order valence-electron chi connectivity index (χ0n) is 12.9. The van der Waals surface area contributed by atoms with Crippen LogP contribution in [-0.2, 0) is 4.74 Å². The lowest BCUT2D eigenvalue weighted by Gasteiger charge is -2.26. The molecule has 0 unspecified atom stereocenters. The highest BCUT2D eigenvalue weighted by atomic mass is 32.1. The van der Waals surface area contributed by atoms with E-state index < -0.39 is 0 Å². The molecule has 3 heterocycles. The van der Waals surface area contributed by atoms with Crippen LogP contribution in [0.15, 0.2) is 40.8 Å². The van der Waals surface area contributed by atoms with Gasteiger partial charge in [0.25, 0.3) is 5.91 Å². The Balaban J connectivity index is 1.75. The lowest BCUT2D eigenvalue weighted by atomic mass is 10.2. The Labute approximate surface area is 138 Å². The van der Waals surface area contributed by atoms with E-state index in [0.29, 0.717) is 37.4 Å². The number of ether oxygens (including phenoxy) is 1. The Kier molecular flexibility index (Phi) is 3.67. The van der Waals surface area contributed by atoms with Crippen molar-refractivity contribution < 1.29 is 13.9 Å². The van der Waals surface area contributed by atoms with Gasteiger partial charge in [-0.2, -0.15) is 0 Å². The summed E-state index contributed by atoms with van der Waals surface area (Å²) in [6, 6.07) is 12.0. The van der Waals surface area contributed by atoms with Crippen molar-refractivity contribution in [2.75, 3.05) is 26.3 Å². The number of amides is 1. The molecule has 0 aliphatic carbocycles. The molecule has 0 N–H and O–H groups in total. The third-order valence-corrected chi connectivity index (χ3v) is 5.14. The Morgan fingerprint density at radius 3 is 2.65 bits per heavy atom. The van der Waals surface area contributed by atoms with Crippen molar-refractivity contribution in [3.63, 3.8) is 0 Å². The number of hydrogen-bond donors (Lipinski definition) is 0. The van der Waals surface area contributed by atoms with Crippen molar-refractivity contribution in [1.29, 1.82) is 0 Å². The van der Waals surface area contributed by atoms with Crippen molar-refractivity contribution in [3.8, 4) is 11.3 Å². The summed E-state index contributed by atoms with van der Waals surface area (Å²) in [7, 11) is 0. The molecule has 118 valence electrons. The van der Waals surface area contributed by atoms with Crippen molar-refractivity contribution in [2.45, 2.75) is 6.92 Å². The van der Waals surface area contributed by atoms with Crippen molar-refractivity contribution in [3.05, 3.63) is 46.8 Å². The van der Waals surface area contributed by atoms with Crippen LogP contribution in [0.5, 0.6) is 0 Å². The predicted molar refractivity (Wildman–Crippen MR) is 91.0 cm³/mol. The van der Waals surface area contributed by atoms with E-state index in [-0.39, 0.29) is 5.91 Å². The molecule has 1 aliphatic heterocycles. The number of carbonyl (C=O) groups excluding carboxylic acids is 1. The maximum atomic E-state index is 12.9.